The van der Waals surface area contributed by atoms with Gasteiger partial charge in [0.25, 0.3) is 5.91 Å². The van der Waals surface area contributed by atoms with Crippen molar-refractivity contribution in [3.8, 4) is 5.75 Å². The van der Waals surface area contributed by atoms with E-state index in [1.165, 1.54) is 23.3 Å². The van der Waals surface area contributed by atoms with Gasteiger partial charge in [0.15, 0.2) is 0 Å². The number of aryl methyl sites for hydroxylation is 1. The third-order valence-corrected chi connectivity index (χ3v) is 5.77. The van der Waals surface area contributed by atoms with E-state index in [-0.39, 0.29) is 5.91 Å². The monoisotopic (exact) mass is 405 g/mol. The summed E-state index contributed by atoms with van der Waals surface area (Å²) in [6.45, 7) is 2.19. The van der Waals surface area contributed by atoms with E-state index in [1.54, 1.807) is 24.9 Å². The number of carbonyl (C=O) groups is 1. The van der Waals surface area contributed by atoms with Crippen LogP contribution in [0.15, 0.2) is 77.7 Å². The fraction of sp³-hybridized carbons (Fsp3) is 0.240. The van der Waals surface area contributed by atoms with E-state index < -0.39 is 0 Å². The van der Waals surface area contributed by atoms with Crippen LogP contribution in [-0.4, -0.2) is 13.0 Å². The summed E-state index contributed by atoms with van der Waals surface area (Å²) in [4.78, 5) is 13.9. The molecule has 3 nitrogen and oxygen atoms in total. The third-order valence-electron chi connectivity index (χ3n) is 4.71. The second-order valence-corrected chi connectivity index (χ2v) is 7.93. The first-order valence-corrected chi connectivity index (χ1v) is 10.9. The van der Waals surface area contributed by atoms with Crippen LogP contribution < -0.4 is 10.1 Å². The molecule has 3 aromatic rings. The van der Waals surface area contributed by atoms with Gasteiger partial charge in [-0.15, -0.1) is 11.8 Å². The van der Waals surface area contributed by atoms with Crippen LogP contribution in [0.4, 0.5) is 5.69 Å². The minimum Gasteiger partial charge on any atom is -0.496 e. The number of ether oxygens (including phenoxy) is 1. The second kappa shape index (κ2) is 10.7. The smallest absolute Gasteiger partial charge is 0.255 e. The lowest BCUT2D eigenvalue weighted by molar-refractivity contribution is 0.102. The number of thioether (sulfide) groups is 1. The molecule has 3 aromatic carbocycles. The summed E-state index contributed by atoms with van der Waals surface area (Å²) in [5.41, 5.74) is 3.74. The maximum Gasteiger partial charge on any atom is 0.255 e. The molecule has 0 bridgehead atoms. The third kappa shape index (κ3) is 6.13. The van der Waals surface area contributed by atoms with Gasteiger partial charge >= 0.3 is 0 Å². The normalized spacial score (nSPS) is 10.6. The number of hydrogen-bond acceptors (Lipinski definition) is 3. The fourth-order valence-electron chi connectivity index (χ4n) is 3.05. The quantitative estimate of drug-likeness (QED) is 0.409. The molecule has 29 heavy (non-hydrogen) atoms. The summed E-state index contributed by atoms with van der Waals surface area (Å²) in [5.74, 6) is 1.42. The summed E-state index contributed by atoms with van der Waals surface area (Å²) in [6, 6.07) is 23.9. The van der Waals surface area contributed by atoms with Crippen molar-refractivity contribution in [2.24, 2.45) is 0 Å². The van der Waals surface area contributed by atoms with E-state index in [4.69, 9.17) is 4.74 Å². The van der Waals surface area contributed by atoms with Gasteiger partial charge in [0.1, 0.15) is 5.75 Å². The van der Waals surface area contributed by atoms with Gasteiger partial charge in [-0.1, -0.05) is 43.7 Å². The van der Waals surface area contributed by atoms with Crippen LogP contribution in [0.3, 0.4) is 0 Å². The zero-order valence-corrected chi connectivity index (χ0v) is 17.8. The molecular formula is C25H27NO2S. The average Bonchev–Trinajstić information content (AvgIpc) is 2.77. The lowest BCUT2D eigenvalue weighted by Gasteiger charge is -2.11. The highest BCUT2D eigenvalue weighted by atomic mass is 32.2. The molecule has 0 radical (unpaired) electrons. The number of nitrogens with one attached hydrogen (secondary N) is 1. The molecule has 0 heterocycles. The standard InChI is InChI=1S/C25H27NO2S/c1-3-4-8-19-11-14-22(15-12-19)26-25(27)20-13-16-24(28-2)21(17-20)18-29-23-9-6-5-7-10-23/h5-7,9-17H,3-4,8,18H2,1-2H3,(H,26,27). The molecule has 0 unspecified atom stereocenters. The van der Waals surface area contributed by atoms with Crippen molar-refractivity contribution < 1.29 is 9.53 Å². The van der Waals surface area contributed by atoms with Crippen LogP contribution >= 0.6 is 11.8 Å². The van der Waals surface area contributed by atoms with E-state index >= 15 is 0 Å². The maximum atomic E-state index is 12.7. The molecule has 0 aliphatic heterocycles. The first-order valence-electron chi connectivity index (χ1n) is 9.94. The molecule has 0 saturated heterocycles. The van der Waals surface area contributed by atoms with Crippen LogP contribution in [-0.2, 0) is 12.2 Å². The van der Waals surface area contributed by atoms with Crippen molar-refractivity contribution in [3.63, 3.8) is 0 Å². The molecule has 1 N–H and O–H groups in total. The van der Waals surface area contributed by atoms with Crippen LogP contribution in [0, 0.1) is 0 Å². The zero-order valence-electron chi connectivity index (χ0n) is 17.0. The number of hydrogen-bond donors (Lipinski definition) is 1. The van der Waals surface area contributed by atoms with Gasteiger partial charge in [-0.25, -0.2) is 0 Å². The van der Waals surface area contributed by atoms with Crippen LogP contribution in [0.2, 0.25) is 0 Å². The van der Waals surface area contributed by atoms with E-state index in [0.29, 0.717) is 5.56 Å². The van der Waals surface area contributed by atoms with Crippen molar-refractivity contribution in [3.05, 3.63) is 89.5 Å². The topological polar surface area (TPSA) is 38.3 Å². The maximum absolute atomic E-state index is 12.7. The largest absolute Gasteiger partial charge is 0.496 e. The van der Waals surface area contributed by atoms with Crippen molar-refractivity contribution in [2.45, 2.75) is 36.8 Å². The highest BCUT2D eigenvalue weighted by molar-refractivity contribution is 7.98. The van der Waals surface area contributed by atoms with Gasteiger partial charge in [-0.3, -0.25) is 4.79 Å². The zero-order chi connectivity index (χ0) is 20.5. The molecule has 0 aliphatic rings. The summed E-state index contributed by atoms with van der Waals surface area (Å²) in [7, 11) is 1.66. The Hall–Kier alpha value is -2.72. The van der Waals surface area contributed by atoms with Gasteiger partial charge < -0.3 is 10.1 Å². The van der Waals surface area contributed by atoms with Gasteiger partial charge in [-0.05, 0) is 60.9 Å². The van der Waals surface area contributed by atoms with Crippen molar-refractivity contribution in [1.82, 2.24) is 0 Å². The highest BCUT2D eigenvalue weighted by Gasteiger charge is 2.11. The Morgan fingerprint density at radius 3 is 2.45 bits per heavy atom. The average molecular weight is 406 g/mol. The first kappa shape index (κ1) is 21.0. The van der Waals surface area contributed by atoms with E-state index in [1.807, 2.05) is 42.5 Å². The molecule has 150 valence electrons. The first-order chi connectivity index (χ1) is 14.2. The van der Waals surface area contributed by atoms with Gasteiger partial charge in [0, 0.05) is 27.5 Å². The lowest BCUT2D eigenvalue weighted by atomic mass is 10.1. The highest BCUT2D eigenvalue weighted by Crippen LogP contribution is 2.29. The molecular weight excluding hydrogens is 378 g/mol. The summed E-state index contributed by atoms with van der Waals surface area (Å²) < 4.78 is 5.49. The number of unbranched alkanes of at least 4 members (excludes halogenated alkanes) is 1. The van der Waals surface area contributed by atoms with E-state index in [2.05, 4.69) is 36.5 Å². The Morgan fingerprint density at radius 1 is 1.00 bits per heavy atom. The number of methoxy groups -OCH3 is 1. The van der Waals surface area contributed by atoms with Crippen molar-refractivity contribution >= 4 is 23.4 Å². The van der Waals surface area contributed by atoms with E-state index in [9.17, 15) is 4.79 Å². The molecule has 0 spiro atoms. The predicted molar refractivity (Wildman–Crippen MR) is 122 cm³/mol. The molecule has 0 fully saturated rings. The summed E-state index contributed by atoms with van der Waals surface area (Å²) in [6.07, 6.45) is 3.44. The Kier molecular flexibility index (Phi) is 7.77. The minimum absolute atomic E-state index is 0.111. The molecule has 3 rings (SSSR count). The summed E-state index contributed by atoms with van der Waals surface area (Å²) in [5, 5.41) is 2.99. The van der Waals surface area contributed by atoms with Crippen molar-refractivity contribution in [1.29, 1.82) is 0 Å². The molecule has 1 amide bonds. The van der Waals surface area contributed by atoms with Gasteiger partial charge in [0.05, 0.1) is 7.11 Å². The predicted octanol–water partition coefficient (Wildman–Crippen LogP) is 6.58. The second-order valence-electron chi connectivity index (χ2n) is 6.88. The Labute approximate surface area is 177 Å². The number of amides is 1. The Balaban J connectivity index is 1.68. The molecule has 0 aromatic heterocycles. The number of rotatable bonds is 9. The minimum atomic E-state index is -0.111. The number of benzene rings is 3. The molecule has 4 heteroatoms. The van der Waals surface area contributed by atoms with Gasteiger partial charge in [0.2, 0.25) is 0 Å². The Morgan fingerprint density at radius 2 is 1.76 bits per heavy atom. The molecule has 0 atom stereocenters. The molecule has 0 aliphatic carbocycles. The van der Waals surface area contributed by atoms with Crippen LogP contribution in [0.1, 0.15) is 41.3 Å². The summed E-state index contributed by atoms with van der Waals surface area (Å²) >= 11 is 1.72. The number of carbonyl (C=O) groups excluding carboxylic acids is 1. The van der Waals surface area contributed by atoms with Crippen LogP contribution in [0.25, 0.3) is 0 Å². The van der Waals surface area contributed by atoms with E-state index in [0.717, 1.165) is 29.2 Å². The molecule has 0 saturated carbocycles. The fourth-order valence-corrected chi connectivity index (χ4v) is 3.95. The Bertz CT molecular complexity index is 923. The SMILES string of the molecule is CCCCc1ccc(NC(=O)c2ccc(OC)c(CSc3ccccc3)c2)cc1. The number of anilines is 1. The lowest BCUT2D eigenvalue weighted by Crippen LogP contribution is -2.12. The van der Waals surface area contributed by atoms with Crippen molar-refractivity contribution in [2.75, 3.05) is 12.4 Å². The van der Waals surface area contributed by atoms with Gasteiger partial charge in [-0.2, -0.15) is 0 Å². The van der Waals surface area contributed by atoms with Crippen LogP contribution in [0.5, 0.6) is 5.75 Å².